The van der Waals surface area contributed by atoms with Crippen molar-refractivity contribution in [3.05, 3.63) is 17.0 Å². The molecule has 0 radical (unpaired) electrons. The highest BCUT2D eigenvalue weighted by molar-refractivity contribution is 7.91. The SMILES string of the molecule is CC1CCN(S(=O)(=O)c2ccc(C(=O)NC3CC4CCC(C3)N4)s2)CC1.Cl. The molecule has 3 saturated heterocycles. The van der Waals surface area contributed by atoms with Crippen molar-refractivity contribution in [2.75, 3.05) is 13.1 Å². The Bertz CT molecular complexity index is 763. The summed E-state index contributed by atoms with van der Waals surface area (Å²) in [5.41, 5.74) is 0. The zero-order chi connectivity index (χ0) is 18.3. The van der Waals surface area contributed by atoms with Crippen LogP contribution >= 0.6 is 23.7 Å². The molecular formula is C18H28ClN3O3S2. The Hall–Kier alpha value is -0.670. The van der Waals surface area contributed by atoms with Crippen molar-refractivity contribution >= 4 is 39.7 Å². The summed E-state index contributed by atoms with van der Waals surface area (Å²) in [5.74, 6) is 0.432. The summed E-state index contributed by atoms with van der Waals surface area (Å²) in [6, 6.07) is 4.44. The Morgan fingerprint density at radius 1 is 1.15 bits per heavy atom. The Morgan fingerprint density at radius 3 is 2.41 bits per heavy atom. The van der Waals surface area contributed by atoms with Gasteiger partial charge in [0.05, 0.1) is 4.88 Å². The third-order valence-electron chi connectivity index (χ3n) is 5.95. The van der Waals surface area contributed by atoms with E-state index in [1.807, 2.05) is 0 Å². The first-order chi connectivity index (χ1) is 12.4. The molecule has 9 heteroatoms. The Labute approximate surface area is 171 Å². The molecule has 2 atom stereocenters. The molecule has 2 bridgehead atoms. The topological polar surface area (TPSA) is 78.5 Å². The Morgan fingerprint density at radius 2 is 1.78 bits per heavy atom. The van der Waals surface area contributed by atoms with Crippen LogP contribution in [0.4, 0.5) is 0 Å². The fraction of sp³-hybridized carbons (Fsp3) is 0.722. The molecule has 0 aromatic carbocycles. The number of rotatable bonds is 4. The van der Waals surface area contributed by atoms with Crippen molar-refractivity contribution in [3.63, 3.8) is 0 Å². The van der Waals surface area contributed by atoms with E-state index in [4.69, 9.17) is 0 Å². The van der Waals surface area contributed by atoms with Gasteiger partial charge in [-0.2, -0.15) is 4.31 Å². The van der Waals surface area contributed by atoms with Gasteiger partial charge in [-0.3, -0.25) is 4.79 Å². The van der Waals surface area contributed by atoms with E-state index in [9.17, 15) is 13.2 Å². The molecule has 27 heavy (non-hydrogen) atoms. The molecule has 0 spiro atoms. The lowest BCUT2D eigenvalue weighted by molar-refractivity contribution is 0.0928. The number of fused-ring (bicyclic) bond motifs is 2. The molecule has 1 aromatic heterocycles. The highest BCUT2D eigenvalue weighted by Gasteiger charge is 2.35. The second kappa shape index (κ2) is 8.37. The Kier molecular flexibility index (Phi) is 6.52. The third-order valence-corrected chi connectivity index (χ3v) is 9.40. The van der Waals surface area contributed by atoms with Crippen molar-refractivity contribution in [3.8, 4) is 0 Å². The number of amides is 1. The van der Waals surface area contributed by atoms with E-state index in [0.717, 1.165) is 37.0 Å². The van der Waals surface area contributed by atoms with Crippen molar-refractivity contribution in [2.45, 2.75) is 67.8 Å². The van der Waals surface area contributed by atoms with Gasteiger partial charge in [0, 0.05) is 31.2 Å². The summed E-state index contributed by atoms with van der Waals surface area (Å²) < 4.78 is 27.5. The predicted molar refractivity (Wildman–Crippen MR) is 109 cm³/mol. The van der Waals surface area contributed by atoms with Crippen LogP contribution in [-0.4, -0.2) is 49.8 Å². The van der Waals surface area contributed by atoms with Crippen LogP contribution in [0.15, 0.2) is 16.3 Å². The van der Waals surface area contributed by atoms with Crippen LogP contribution in [0.2, 0.25) is 0 Å². The Balaban J connectivity index is 0.00000210. The van der Waals surface area contributed by atoms with Gasteiger partial charge in [0.25, 0.3) is 15.9 Å². The largest absolute Gasteiger partial charge is 0.348 e. The number of nitrogens with one attached hydrogen (secondary N) is 2. The average molecular weight is 434 g/mol. The molecule has 6 nitrogen and oxygen atoms in total. The van der Waals surface area contributed by atoms with Crippen LogP contribution < -0.4 is 10.6 Å². The standard InChI is InChI=1S/C18H27N3O3S2.ClH/c1-12-6-8-21(9-7-12)26(23,24)17-5-4-16(25-17)18(22)20-15-10-13-2-3-14(11-15)19-13;/h4-5,12-15,19H,2-3,6-11H2,1H3,(H,20,22);1H. The molecule has 3 fully saturated rings. The van der Waals surface area contributed by atoms with E-state index in [-0.39, 0.29) is 28.6 Å². The van der Waals surface area contributed by atoms with E-state index in [0.29, 0.717) is 36.0 Å². The number of sulfonamides is 1. The maximum absolute atomic E-state index is 12.8. The number of halogens is 1. The number of carbonyl (C=O) groups is 1. The van der Waals surface area contributed by atoms with Crippen molar-refractivity contribution in [1.82, 2.24) is 14.9 Å². The molecule has 4 heterocycles. The van der Waals surface area contributed by atoms with Crippen LogP contribution in [0.1, 0.15) is 55.1 Å². The monoisotopic (exact) mass is 433 g/mol. The molecule has 1 aromatic rings. The van der Waals surface area contributed by atoms with E-state index in [2.05, 4.69) is 17.6 Å². The molecule has 2 N–H and O–H groups in total. The number of thiophene rings is 1. The number of nitrogens with zero attached hydrogens (tertiary/aromatic N) is 1. The number of hydrogen-bond donors (Lipinski definition) is 2. The van der Waals surface area contributed by atoms with Crippen molar-refractivity contribution < 1.29 is 13.2 Å². The summed E-state index contributed by atoms with van der Waals surface area (Å²) in [6.45, 7) is 3.30. The number of piperidine rings is 2. The molecule has 1 amide bonds. The summed E-state index contributed by atoms with van der Waals surface area (Å²) >= 11 is 1.09. The maximum Gasteiger partial charge on any atom is 0.261 e. The second-order valence-corrected chi connectivity index (χ2v) is 11.2. The van der Waals surface area contributed by atoms with Gasteiger partial charge in [0.1, 0.15) is 4.21 Å². The third kappa shape index (κ3) is 4.50. The van der Waals surface area contributed by atoms with Gasteiger partial charge in [0.15, 0.2) is 0 Å². The molecule has 4 rings (SSSR count). The fourth-order valence-corrected chi connectivity index (χ4v) is 7.20. The maximum atomic E-state index is 12.8. The first kappa shape index (κ1) is 21.0. The number of hydrogen-bond acceptors (Lipinski definition) is 5. The summed E-state index contributed by atoms with van der Waals surface area (Å²) in [6.07, 6.45) is 6.10. The van der Waals surface area contributed by atoms with Gasteiger partial charge in [-0.1, -0.05) is 6.92 Å². The first-order valence-corrected chi connectivity index (χ1v) is 11.8. The highest BCUT2D eigenvalue weighted by Crippen LogP contribution is 2.30. The van der Waals surface area contributed by atoms with Crippen LogP contribution in [0, 0.1) is 5.92 Å². The van der Waals surface area contributed by atoms with Gasteiger partial charge in [-0.05, 0) is 56.6 Å². The normalized spacial score (nSPS) is 29.3. The van der Waals surface area contributed by atoms with E-state index in [1.165, 1.54) is 12.8 Å². The van der Waals surface area contributed by atoms with E-state index >= 15 is 0 Å². The van der Waals surface area contributed by atoms with Crippen molar-refractivity contribution in [1.29, 1.82) is 0 Å². The lowest BCUT2D eigenvalue weighted by Crippen LogP contribution is -2.47. The molecule has 0 aliphatic carbocycles. The van der Waals surface area contributed by atoms with Gasteiger partial charge >= 0.3 is 0 Å². The van der Waals surface area contributed by atoms with Crippen LogP contribution in [-0.2, 0) is 10.0 Å². The van der Waals surface area contributed by atoms with Gasteiger partial charge in [-0.15, -0.1) is 23.7 Å². The first-order valence-electron chi connectivity index (χ1n) is 9.58. The molecule has 2 unspecified atom stereocenters. The minimum Gasteiger partial charge on any atom is -0.348 e. The fourth-order valence-electron chi connectivity index (χ4n) is 4.36. The molecule has 152 valence electrons. The van der Waals surface area contributed by atoms with E-state index < -0.39 is 10.0 Å². The zero-order valence-corrected chi connectivity index (χ0v) is 18.0. The number of carbonyl (C=O) groups excluding carboxylic acids is 1. The van der Waals surface area contributed by atoms with Gasteiger partial charge in [-0.25, -0.2) is 8.42 Å². The van der Waals surface area contributed by atoms with Crippen LogP contribution in [0.5, 0.6) is 0 Å². The zero-order valence-electron chi connectivity index (χ0n) is 15.5. The summed E-state index contributed by atoms with van der Waals surface area (Å²) in [4.78, 5) is 13.1. The minimum atomic E-state index is -3.48. The molecular weight excluding hydrogens is 406 g/mol. The average Bonchev–Trinajstić information content (AvgIpc) is 3.23. The minimum absolute atomic E-state index is 0. The summed E-state index contributed by atoms with van der Waals surface area (Å²) in [5, 5.41) is 6.67. The van der Waals surface area contributed by atoms with E-state index in [1.54, 1.807) is 16.4 Å². The lowest BCUT2D eigenvalue weighted by atomic mass is 10.00. The second-order valence-electron chi connectivity index (χ2n) is 7.98. The summed E-state index contributed by atoms with van der Waals surface area (Å²) in [7, 11) is -3.48. The molecule has 3 aliphatic heterocycles. The van der Waals surface area contributed by atoms with Gasteiger partial charge in [0.2, 0.25) is 0 Å². The molecule has 3 aliphatic rings. The smallest absolute Gasteiger partial charge is 0.261 e. The lowest BCUT2D eigenvalue weighted by Gasteiger charge is -2.29. The van der Waals surface area contributed by atoms with Crippen molar-refractivity contribution in [2.24, 2.45) is 5.92 Å². The van der Waals surface area contributed by atoms with Gasteiger partial charge < -0.3 is 10.6 Å². The highest BCUT2D eigenvalue weighted by atomic mass is 35.5. The predicted octanol–water partition coefficient (Wildman–Crippen LogP) is 2.60. The van der Waals surface area contributed by atoms with Crippen LogP contribution in [0.25, 0.3) is 0 Å². The van der Waals surface area contributed by atoms with Crippen LogP contribution in [0.3, 0.4) is 0 Å². The quantitative estimate of drug-likeness (QED) is 0.764. The molecule has 0 saturated carbocycles.